The molecule has 1 aromatic carbocycles. The van der Waals surface area contributed by atoms with E-state index in [4.69, 9.17) is 5.11 Å². The highest BCUT2D eigenvalue weighted by molar-refractivity contribution is 5.65. The van der Waals surface area contributed by atoms with E-state index in [1.165, 1.54) is 10.5 Å². The fourth-order valence-corrected chi connectivity index (χ4v) is 4.12. The lowest BCUT2D eigenvalue weighted by Gasteiger charge is -2.33. The summed E-state index contributed by atoms with van der Waals surface area (Å²) in [6, 6.07) is 10.2. The smallest absolute Gasteiger partial charge is 0.407 e. The topological polar surface area (TPSA) is 109 Å². The van der Waals surface area contributed by atoms with E-state index in [1.54, 1.807) is 6.20 Å². The highest BCUT2D eigenvalue weighted by atomic mass is 16.4. The van der Waals surface area contributed by atoms with Crippen molar-refractivity contribution in [2.75, 3.05) is 56.5 Å². The van der Waals surface area contributed by atoms with Crippen LogP contribution in [0.5, 0.6) is 0 Å². The summed E-state index contributed by atoms with van der Waals surface area (Å²) in [7, 11) is 2.11. The number of carboxylic acid groups (broad SMARTS) is 1. The highest BCUT2D eigenvalue weighted by Gasteiger charge is 2.23. The molecule has 1 amide bonds. The predicted molar refractivity (Wildman–Crippen MR) is 118 cm³/mol. The molecular formula is C22H27N7O2. The number of likely N-dealkylation sites (N-methyl/N-ethyl adjacent to an activating group) is 1. The van der Waals surface area contributed by atoms with Gasteiger partial charge in [-0.15, -0.1) is 0 Å². The minimum Gasteiger partial charge on any atom is -0.465 e. The second kappa shape index (κ2) is 9.18. The SMILES string of the molecule is CN1CCN(c2cnc(C#N)c(Nc3ccc(C4CCN(C(=O)O)CC4)cc3)n2)CC1. The van der Waals surface area contributed by atoms with Crippen molar-refractivity contribution in [2.45, 2.75) is 18.8 Å². The third kappa shape index (κ3) is 4.86. The molecule has 0 unspecified atom stereocenters. The zero-order valence-corrected chi connectivity index (χ0v) is 17.7. The predicted octanol–water partition coefficient (Wildman–Crippen LogP) is 2.70. The zero-order chi connectivity index (χ0) is 21.8. The Bertz CT molecular complexity index is 957. The zero-order valence-electron chi connectivity index (χ0n) is 17.7. The Morgan fingerprint density at radius 1 is 1.13 bits per heavy atom. The van der Waals surface area contributed by atoms with Gasteiger partial charge >= 0.3 is 6.09 Å². The van der Waals surface area contributed by atoms with E-state index in [-0.39, 0.29) is 5.69 Å². The second-order valence-corrected chi connectivity index (χ2v) is 8.12. The first-order chi connectivity index (χ1) is 15.0. The van der Waals surface area contributed by atoms with E-state index < -0.39 is 6.09 Å². The Labute approximate surface area is 181 Å². The Balaban J connectivity index is 1.44. The van der Waals surface area contributed by atoms with Crippen LogP contribution >= 0.6 is 0 Å². The summed E-state index contributed by atoms with van der Waals surface area (Å²) in [5, 5.41) is 21.8. The second-order valence-electron chi connectivity index (χ2n) is 8.12. The molecule has 31 heavy (non-hydrogen) atoms. The lowest BCUT2D eigenvalue weighted by Crippen LogP contribution is -2.44. The molecule has 0 aliphatic carbocycles. The van der Waals surface area contributed by atoms with Crippen molar-refractivity contribution in [3.8, 4) is 6.07 Å². The van der Waals surface area contributed by atoms with Crippen LogP contribution < -0.4 is 10.2 Å². The minimum absolute atomic E-state index is 0.267. The fourth-order valence-electron chi connectivity index (χ4n) is 4.12. The largest absolute Gasteiger partial charge is 0.465 e. The van der Waals surface area contributed by atoms with Crippen LogP contribution in [-0.4, -0.2) is 77.3 Å². The number of likely N-dealkylation sites (tertiary alicyclic amines) is 1. The van der Waals surface area contributed by atoms with Gasteiger partial charge in [-0.1, -0.05) is 12.1 Å². The first-order valence-corrected chi connectivity index (χ1v) is 10.6. The number of nitrogens with zero attached hydrogens (tertiary/aromatic N) is 6. The molecular weight excluding hydrogens is 394 g/mol. The van der Waals surface area contributed by atoms with Crippen LogP contribution in [0.15, 0.2) is 30.5 Å². The first-order valence-electron chi connectivity index (χ1n) is 10.6. The number of nitrogens with one attached hydrogen (secondary N) is 1. The molecule has 9 heteroatoms. The molecule has 2 N–H and O–H groups in total. The van der Waals surface area contributed by atoms with Crippen LogP contribution in [-0.2, 0) is 0 Å². The molecule has 1 aromatic heterocycles. The maximum atomic E-state index is 11.1. The fraction of sp³-hybridized carbons (Fsp3) is 0.455. The van der Waals surface area contributed by atoms with Crippen molar-refractivity contribution in [3.63, 3.8) is 0 Å². The van der Waals surface area contributed by atoms with E-state index in [2.05, 4.69) is 50.3 Å². The van der Waals surface area contributed by atoms with Crippen molar-refractivity contribution in [3.05, 3.63) is 41.7 Å². The van der Waals surface area contributed by atoms with Gasteiger partial charge in [0.15, 0.2) is 11.5 Å². The van der Waals surface area contributed by atoms with Crippen molar-refractivity contribution in [1.29, 1.82) is 5.26 Å². The summed E-state index contributed by atoms with van der Waals surface area (Å²) in [5.74, 6) is 1.59. The number of carbonyl (C=O) groups is 1. The molecule has 0 bridgehead atoms. The van der Waals surface area contributed by atoms with E-state index in [9.17, 15) is 10.1 Å². The number of nitriles is 1. The van der Waals surface area contributed by atoms with Gasteiger partial charge in [0.1, 0.15) is 11.9 Å². The molecule has 0 spiro atoms. The summed E-state index contributed by atoms with van der Waals surface area (Å²) < 4.78 is 0. The van der Waals surface area contributed by atoms with Crippen LogP contribution in [0.25, 0.3) is 0 Å². The van der Waals surface area contributed by atoms with Gasteiger partial charge in [0, 0.05) is 45.0 Å². The lowest BCUT2D eigenvalue weighted by molar-refractivity contribution is 0.132. The number of aromatic nitrogens is 2. The van der Waals surface area contributed by atoms with E-state index in [0.29, 0.717) is 24.8 Å². The van der Waals surface area contributed by atoms with Crippen molar-refractivity contribution in [2.24, 2.45) is 0 Å². The maximum absolute atomic E-state index is 11.1. The number of hydrogen-bond donors (Lipinski definition) is 2. The number of anilines is 3. The number of amides is 1. The van der Waals surface area contributed by atoms with Gasteiger partial charge in [-0.2, -0.15) is 5.26 Å². The van der Waals surface area contributed by atoms with Crippen LogP contribution in [0.1, 0.15) is 30.0 Å². The van der Waals surface area contributed by atoms with Gasteiger partial charge in [0.2, 0.25) is 0 Å². The molecule has 162 valence electrons. The number of hydrogen-bond acceptors (Lipinski definition) is 7. The summed E-state index contributed by atoms with van der Waals surface area (Å²) in [6.45, 7) is 4.84. The minimum atomic E-state index is -0.841. The van der Waals surface area contributed by atoms with Crippen molar-refractivity contribution in [1.82, 2.24) is 19.8 Å². The van der Waals surface area contributed by atoms with Gasteiger partial charge in [-0.25, -0.2) is 14.8 Å². The van der Waals surface area contributed by atoms with Gasteiger partial charge in [0.05, 0.1) is 6.20 Å². The van der Waals surface area contributed by atoms with Crippen molar-refractivity contribution < 1.29 is 9.90 Å². The molecule has 4 rings (SSSR count). The first kappa shape index (κ1) is 20.9. The van der Waals surface area contributed by atoms with E-state index in [1.807, 2.05) is 12.1 Å². The van der Waals surface area contributed by atoms with E-state index >= 15 is 0 Å². The molecule has 2 fully saturated rings. The standard InChI is InChI=1S/C22H27N7O2/c1-27-10-12-28(13-11-27)20-15-24-19(14-23)21(26-20)25-18-4-2-16(3-5-18)17-6-8-29(9-7-17)22(30)31/h2-5,15,17H,6-13H2,1H3,(H,25,26)(H,30,31). The Morgan fingerprint density at radius 3 is 2.42 bits per heavy atom. The monoisotopic (exact) mass is 421 g/mol. The average molecular weight is 422 g/mol. The third-order valence-electron chi connectivity index (χ3n) is 6.10. The summed E-state index contributed by atoms with van der Waals surface area (Å²) in [4.78, 5) is 26.0. The molecule has 0 saturated carbocycles. The molecule has 0 atom stereocenters. The van der Waals surface area contributed by atoms with Crippen LogP contribution in [0.3, 0.4) is 0 Å². The molecule has 3 heterocycles. The summed E-state index contributed by atoms with van der Waals surface area (Å²) >= 11 is 0. The normalized spacial score (nSPS) is 17.9. The molecule has 2 saturated heterocycles. The number of piperidine rings is 1. The Morgan fingerprint density at radius 2 is 1.81 bits per heavy atom. The summed E-state index contributed by atoms with van der Waals surface area (Å²) in [5.41, 5.74) is 2.31. The number of rotatable bonds is 4. The quantitative estimate of drug-likeness (QED) is 0.776. The van der Waals surface area contributed by atoms with Gasteiger partial charge in [-0.3, -0.25) is 0 Å². The lowest BCUT2D eigenvalue weighted by atomic mass is 9.89. The molecule has 2 aliphatic rings. The number of piperazine rings is 1. The van der Waals surface area contributed by atoms with Crippen LogP contribution in [0, 0.1) is 11.3 Å². The van der Waals surface area contributed by atoms with Gasteiger partial charge < -0.3 is 25.1 Å². The maximum Gasteiger partial charge on any atom is 0.407 e. The highest BCUT2D eigenvalue weighted by Crippen LogP contribution is 2.29. The third-order valence-corrected chi connectivity index (χ3v) is 6.10. The van der Waals surface area contributed by atoms with Gasteiger partial charge in [-0.05, 0) is 43.5 Å². The number of benzene rings is 1. The van der Waals surface area contributed by atoms with Crippen LogP contribution in [0.4, 0.5) is 22.1 Å². The summed E-state index contributed by atoms with van der Waals surface area (Å²) in [6.07, 6.45) is 2.49. The Kier molecular flexibility index (Phi) is 6.18. The van der Waals surface area contributed by atoms with Crippen molar-refractivity contribution >= 4 is 23.4 Å². The molecule has 2 aromatic rings. The molecule has 9 nitrogen and oxygen atoms in total. The Hall–Kier alpha value is -3.38. The van der Waals surface area contributed by atoms with Gasteiger partial charge in [0.25, 0.3) is 0 Å². The van der Waals surface area contributed by atoms with Crippen LogP contribution in [0.2, 0.25) is 0 Å². The average Bonchev–Trinajstić information content (AvgIpc) is 2.80. The molecule has 2 aliphatic heterocycles. The molecule has 0 radical (unpaired) electrons. The van der Waals surface area contributed by atoms with E-state index in [0.717, 1.165) is 50.5 Å².